The van der Waals surface area contributed by atoms with Crippen LogP contribution in [-0.2, 0) is 14.3 Å². The third-order valence-corrected chi connectivity index (χ3v) is 2.36. The van der Waals surface area contributed by atoms with Crippen molar-refractivity contribution in [1.82, 2.24) is 0 Å². The van der Waals surface area contributed by atoms with Gasteiger partial charge in [0.1, 0.15) is 11.7 Å². The summed E-state index contributed by atoms with van der Waals surface area (Å²) in [7, 11) is 0. The minimum Gasteiger partial charge on any atom is -0.462 e. The van der Waals surface area contributed by atoms with Crippen LogP contribution in [0.2, 0.25) is 0 Å². The molecule has 0 saturated carbocycles. The van der Waals surface area contributed by atoms with Gasteiger partial charge in [-0.3, -0.25) is 9.59 Å². The van der Waals surface area contributed by atoms with E-state index < -0.39 is 11.9 Å². The maximum absolute atomic E-state index is 11.5. The van der Waals surface area contributed by atoms with Crippen LogP contribution in [-0.4, -0.2) is 17.9 Å². The number of esters is 1. The highest BCUT2D eigenvalue weighted by Crippen LogP contribution is 2.11. The van der Waals surface area contributed by atoms with Gasteiger partial charge in [-0.1, -0.05) is 27.2 Å². The summed E-state index contributed by atoms with van der Waals surface area (Å²) in [6, 6.07) is 0. The second-order valence-corrected chi connectivity index (χ2v) is 4.31. The molecule has 0 radical (unpaired) electrons. The Morgan fingerprint density at radius 2 is 1.67 bits per heavy atom. The number of carbonyl (C=O) groups is 2. The van der Waals surface area contributed by atoms with Crippen LogP contribution in [0.25, 0.3) is 0 Å². The summed E-state index contributed by atoms with van der Waals surface area (Å²) < 4.78 is 5.16. The number of carbonyl (C=O) groups excluding carboxylic acids is 2. The van der Waals surface area contributed by atoms with E-state index in [0.717, 1.165) is 12.8 Å². The van der Waals surface area contributed by atoms with Crippen molar-refractivity contribution in [1.29, 1.82) is 0 Å². The van der Waals surface area contributed by atoms with Gasteiger partial charge >= 0.3 is 5.97 Å². The summed E-state index contributed by atoms with van der Waals surface area (Å²) in [4.78, 5) is 23.1. The number of rotatable bonds is 6. The van der Waals surface area contributed by atoms with Crippen molar-refractivity contribution >= 4 is 11.8 Å². The lowest BCUT2D eigenvalue weighted by Gasteiger charge is -2.16. The smallest absolute Gasteiger partial charge is 0.316 e. The van der Waals surface area contributed by atoms with Gasteiger partial charge in [-0.25, -0.2) is 0 Å². The molecule has 0 spiro atoms. The molecule has 0 aromatic rings. The maximum atomic E-state index is 11.5. The molecule has 0 fully saturated rings. The third kappa shape index (κ3) is 4.96. The zero-order chi connectivity index (χ0) is 12.0. The number of ketones is 1. The average Bonchev–Trinajstić information content (AvgIpc) is 2.15. The highest BCUT2D eigenvalue weighted by Gasteiger charge is 2.25. The van der Waals surface area contributed by atoms with Crippen molar-refractivity contribution in [2.24, 2.45) is 11.8 Å². The number of Topliss-reactive ketones (excluding diaryl/α,β-unsaturated/α-hetero) is 1. The van der Waals surface area contributed by atoms with Crippen molar-refractivity contribution in [2.75, 3.05) is 0 Å². The molecule has 0 aromatic carbocycles. The van der Waals surface area contributed by atoms with E-state index in [0.29, 0.717) is 0 Å². The SMILES string of the molecule is CCCC(C)OC(=O)C(C)C(=O)C(C)C. The molecule has 3 nitrogen and oxygen atoms in total. The van der Waals surface area contributed by atoms with Gasteiger partial charge in [0.25, 0.3) is 0 Å². The predicted octanol–water partition coefficient (Wildman–Crippen LogP) is 2.58. The van der Waals surface area contributed by atoms with E-state index in [1.165, 1.54) is 0 Å². The lowest BCUT2D eigenvalue weighted by Crippen LogP contribution is -2.29. The average molecular weight is 214 g/mol. The normalized spacial score (nSPS) is 14.8. The zero-order valence-corrected chi connectivity index (χ0v) is 10.4. The lowest BCUT2D eigenvalue weighted by molar-refractivity contribution is -0.156. The van der Waals surface area contributed by atoms with Gasteiger partial charge in [-0.2, -0.15) is 0 Å². The van der Waals surface area contributed by atoms with Crippen LogP contribution in [0.1, 0.15) is 47.5 Å². The van der Waals surface area contributed by atoms with E-state index in [4.69, 9.17) is 4.74 Å². The first kappa shape index (κ1) is 14.1. The second-order valence-electron chi connectivity index (χ2n) is 4.31. The fourth-order valence-corrected chi connectivity index (χ4v) is 1.38. The van der Waals surface area contributed by atoms with Crippen LogP contribution in [0.3, 0.4) is 0 Å². The summed E-state index contributed by atoms with van der Waals surface area (Å²) in [5, 5.41) is 0. The first-order chi connectivity index (χ1) is 6.90. The quantitative estimate of drug-likeness (QED) is 0.504. The minimum absolute atomic E-state index is 0.0521. The lowest BCUT2D eigenvalue weighted by atomic mass is 9.97. The topological polar surface area (TPSA) is 43.4 Å². The van der Waals surface area contributed by atoms with Crippen molar-refractivity contribution in [3.05, 3.63) is 0 Å². The summed E-state index contributed by atoms with van der Waals surface area (Å²) >= 11 is 0. The minimum atomic E-state index is -0.635. The molecule has 0 aliphatic carbocycles. The monoisotopic (exact) mass is 214 g/mol. The van der Waals surface area contributed by atoms with Crippen LogP contribution in [0.15, 0.2) is 0 Å². The van der Waals surface area contributed by atoms with Gasteiger partial charge < -0.3 is 4.74 Å². The van der Waals surface area contributed by atoms with Gasteiger partial charge in [0.05, 0.1) is 6.10 Å². The van der Waals surface area contributed by atoms with E-state index in [9.17, 15) is 9.59 Å². The molecule has 0 saturated heterocycles. The first-order valence-corrected chi connectivity index (χ1v) is 5.64. The number of ether oxygens (including phenoxy) is 1. The molecule has 2 unspecified atom stereocenters. The van der Waals surface area contributed by atoms with Crippen LogP contribution in [0.4, 0.5) is 0 Å². The maximum Gasteiger partial charge on any atom is 0.316 e. The van der Waals surface area contributed by atoms with E-state index in [-0.39, 0.29) is 17.8 Å². The molecule has 3 heteroatoms. The molecule has 0 rings (SSSR count). The molecule has 2 atom stereocenters. The summed E-state index contributed by atoms with van der Waals surface area (Å²) in [5.41, 5.74) is 0. The Labute approximate surface area is 92.2 Å². The summed E-state index contributed by atoms with van der Waals surface area (Å²) in [5.74, 6) is -1.20. The van der Waals surface area contributed by atoms with Gasteiger partial charge in [0.15, 0.2) is 0 Å². The summed E-state index contributed by atoms with van der Waals surface area (Å²) in [6.45, 7) is 9.09. The van der Waals surface area contributed by atoms with Crippen LogP contribution in [0, 0.1) is 11.8 Å². The van der Waals surface area contributed by atoms with Crippen LogP contribution >= 0.6 is 0 Å². The molecular formula is C12H22O3. The Morgan fingerprint density at radius 1 is 1.13 bits per heavy atom. The molecule has 0 N–H and O–H groups in total. The molecule has 0 aliphatic heterocycles. The first-order valence-electron chi connectivity index (χ1n) is 5.64. The molecular weight excluding hydrogens is 192 g/mol. The zero-order valence-electron chi connectivity index (χ0n) is 10.4. The van der Waals surface area contributed by atoms with Crippen molar-refractivity contribution in [3.63, 3.8) is 0 Å². The Morgan fingerprint density at radius 3 is 2.07 bits per heavy atom. The molecule has 15 heavy (non-hydrogen) atoms. The van der Waals surface area contributed by atoms with E-state index >= 15 is 0 Å². The Bertz CT molecular complexity index is 221. The molecule has 0 amide bonds. The third-order valence-electron chi connectivity index (χ3n) is 2.36. The van der Waals surface area contributed by atoms with E-state index in [1.807, 2.05) is 13.8 Å². The highest BCUT2D eigenvalue weighted by molar-refractivity contribution is 5.99. The van der Waals surface area contributed by atoms with E-state index in [2.05, 4.69) is 0 Å². The van der Waals surface area contributed by atoms with E-state index in [1.54, 1.807) is 20.8 Å². The fraction of sp³-hybridized carbons (Fsp3) is 0.833. The van der Waals surface area contributed by atoms with Crippen molar-refractivity contribution in [2.45, 2.75) is 53.6 Å². The molecule has 0 bridgehead atoms. The summed E-state index contributed by atoms with van der Waals surface area (Å²) in [6.07, 6.45) is 1.72. The molecule has 0 heterocycles. The highest BCUT2D eigenvalue weighted by atomic mass is 16.5. The second kappa shape index (κ2) is 6.59. The number of hydrogen-bond donors (Lipinski definition) is 0. The van der Waals surface area contributed by atoms with Crippen molar-refractivity contribution in [3.8, 4) is 0 Å². The van der Waals surface area contributed by atoms with Gasteiger partial charge in [-0.05, 0) is 20.3 Å². The van der Waals surface area contributed by atoms with Crippen LogP contribution < -0.4 is 0 Å². The van der Waals surface area contributed by atoms with Gasteiger partial charge in [0, 0.05) is 5.92 Å². The fourth-order valence-electron chi connectivity index (χ4n) is 1.38. The van der Waals surface area contributed by atoms with Crippen LogP contribution in [0.5, 0.6) is 0 Å². The largest absolute Gasteiger partial charge is 0.462 e. The Hall–Kier alpha value is -0.860. The van der Waals surface area contributed by atoms with Crippen molar-refractivity contribution < 1.29 is 14.3 Å². The predicted molar refractivity (Wildman–Crippen MR) is 59.5 cm³/mol. The van der Waals surface area contributed by atoms with Gasteiger partial charge in [0.2, 0.25) is 0 Å². The number of hydrogen-bond acceptors (Lipinski definition) is 3. The molecule has 0 aliphatic rings. The van der Waals surface area contributed by atoms with Gasteiger partial charge in [-0.15, -0.1) is 0 Å². The molecule has 88 valence electrons. The Kier molecular flexibility index (Phi) is 6.21. The standard InChI is InChI=1S/C12H22O3/c1-6-7-9(4)15-12(14)10(5)11(13)8(2)3/h8-10H,6-7H2,1-5H3. The molecule has 0 aromatic heterocycles. The Balaban J connectivity index is 4.15.